The van der Waals surface area contributed by atoms with Crippen LogP contribution in [-0.2, 0) is 6.61 Å². The number of methoxy groups -OCH3 is 1. The predicted molar refractivity (Wildman–Crippen MR) is 124 cm³/mol. The molecule has 168 valence electrons. The van der Waals surface area contributed by atoms with Crippen molar-refractivity contribution in [2.24, 2.45) is 0 Å². The summed E-state index contributed by atoms with van der Waals surface area (Å²) in [6.07, 6.45) is 1.58. The number of ether oxygens (including phenoxy) is 3. The molecule has 0 amide bonds. The van der Waals surface area contributed by atoms with E-state index in [1.54, 1.807) is 30.1 Å². The highest BCUT2D eigenvalue weighted by atomic mass is 16.5. The van der Waals surface area contributed by atoms with Crippen LogP contribution in [0.2, 0.25) is 0 Å². The molecule has 6 rings (SSSR count). The summed E-state index contributed by atoms with van der Waals surface area (Å²) in [5.41, 5.74) is 3.44. The van der Waals surface area contributed by atoms with Gasteiger partial charge in [-0.25, -0.2) is 14.5 Å². The smallest absolute Gasteiger partial charge is 0.228 e. The van der Waals surface area contributed by atoms with Crippen LogP contribution < -0.4 is 14.2 Å². The summed E-state index contributed by atoms with van der Waals surface area (Å²) in [7, 11) is 1.62. The number of rotatable bonds is 5. The Labute approximate surface area is 195 Å². The summed E-state index contributed by atoms with van der Waals surface area (Å²) in [5.74, 6) is 2.94. The molecule has 0 spiro atoms. The highest BCUT2D eigenvalue weighted by Gasteiger charge is 2.33. The van der Waals surface area contributed by atoms with E-state index in [9.17, 15) is 5.11 Å². The van der Waals surface area contributed by atoms with Crippen LogP contribution in [0.25, 0.3) is 5.65 Å². The van der Waals surface area contributed by atoms with Crippen molar-refractivity contribution in [3.63, 3.8) is 0 Å². The molecule has 0 bridgehead atoms. The monoisotopic (exact) mass is 452 g/mol. The fraction of sp³-hybridized carbons (Fsp3) is 0.115. The Morgan fingerprint density at radius 1 is 1.00 bits per heavy atom. The molecule has 8 nitrogen and oxygen atoms in total. The van der Waals surface area contributed by atoms with Gasteiger partial charge in [-0.3, -0.25) is 0 Å². The van der Waals surface area contributed by atoms with Crippen LogP contribution in [0.1, 0.15) is 28.4 Å². The maximum Gasteiger partial charge on any atom is 0.228 e. The summed E-state index contributed by atoms with van der Waals surface area (Å²) >= 11 is 0. The third kappa shape index (κ3) is 3.45. The lowest BCUT2D eigenvalue weighted by molar-refractivity contribution is 0.295. The average molecular weight is 452 g/mol. The van der Waals surface area contributed by atoms with Crippen LogP contribution >= 0.6 is 0 Å². The van der Waals surface area contributed by atoms with Crippen molar-refractivity contribution in [3.8, 4) is 28.9 Å². The molecule has 34 heavy (non-hydrogen) atoms. The van der Waals surface area contributed by atoms with E-state index >= 15 is 0 Å². The van der Waals surface area contributed by atoms with Gasteiger partial charge in [0.1, 0.15) is 35.9 Å². The lowest BCUT2D eigenvalue weighted by atomic mass is 9.84. The SMILES string of the molecule is COc1ccc(OCc2nc3c4c(ncn3n2)Oc2cc(O)ccc2[C@@H]4c2ccccc2)cc1. The van der Waals surface area contributed by atoms with Gasteiger partial charge in [0.15, 0.2) is 11.5 Å². The molecular formula is C26H20N4O4. The molecule has 5 aromatic rings. The average Bonchev–Trinajstić information content (AvgIpc) is 3.30. The van der Waals surface area contributed by atoms with Crippen molar-refractivity contribution >= 4 is 5.65 Å². The van der Waals surface area contributed by atoms with Crippen molar-refractivity contribution in [2.75, 3.05) is 7.11 Å². The lowest BCUT2D eigenvalue weighted by Crippen LogP contribution is -2.14. The largest absolute Gasteiger partial charge is 0.508 e. The zero-order valence-corrected chi connectivity index (χ0v) is 18.3. The maximum absolute atomic E-state index is 10.0. The summed E-state index contributed by atoms with van der Waals surface area (Å²) in [5, 5.41) is 14.6. The van der Waals surface area contributed by atoms with Gasteiger partial charge in [-0.1, -0.05) is 36.4 Å². The number of fused-ring (bicyclic) bond motifs is 4. The van der Waals surface area contributed by atoms with Crippen LogP contribution in [0.15, 0.2) is 79.1 Å². The Morgan fingerprint density at radius 3 is 2.59 bits per heavy atom. The Bertz CT molecular complexity index is 1480. The molecule has 8 heteroatoms. The zero-order valence-electron chi connectivity index (χ0n) is 18.3. The number of aromatic hydroxyl groups is 1. The van der Waals surface area contributed by atoms with Crippen molar-refractivity contribution in [1.29, 1.82) is 0 Å². The van der Waals surface area contributed by atoms with E-state index in [0.717, 1.165) is 22.4 Å². The van der Waals surface area contributed by atoms with E-state index in [1.165, 1.54) is 0 Å². The first kappa shape index (κ1) is 20.0. The van der Waals surface area contributed by atoms with Crippen molar-refractivity contribution in [3.05, 3.63) is 102 Å². The van der Waals surface area contributed by atoms with Crippen molar-refractivity contribution < 1.29 is 19.3 Å². The number of benzene rings is 3. The highest BCUT2D eigenvalue weighted by molar-refractivity contribution is 5.66. The number of phenols is 1. The van der Waals surface area contributed by atoms with Gasteiger partial charge in [-0.05, 0) is 35.9 Å². The Hall–Kier alpha value is -4.59. The second-order valence-electron chi connectivity index (χ2n) is 7.89. The predicted octanol–water partition coefficient (Wildman–Crippen LogP) is 4.70. The Kier molecular flexibility index (Phi) is 4.76. The van der Waals surface area contributed by atoms with Gasteiger partial charge in [0, 0.05) is 17.5 Å². The number of hydrogen-bond donors (Lipinski definition) is 1. The van der Waals surface area contributed by atoms with E-state index in [-0.39, 0.29) is 18.3 Å². The maximum atomic E-state index is 10.0. The number of nitrogens with zero attached hydrogens (tertiary/aromatic N) is 4. The standard InChI is InChI=1S/C26H20N4O4/c1-32-18-8-10-19(11-9-18)33-14-22-28-25-24-23(16-5-3-2-4-6-16)20-12-7-17(31)13-21(20)34-26(24)27-15-30(25)29-22/h2-13,15,23,31H,14H2,1H3/t23-/m0/s1. The van der Waals surface area contributed by atoms with Gasteiger partial charge in [-0.15, -0.1) is 5.10 Å². The minimum atomic E-state index is -0.184. The normalized spacial score (nSPS) is 14.2. The number of phenolic OH excluding ortho intramolecular Hbond substituents is 1. The molecule has 1 aliphatic rings. The van der Waals surface area contributed by atoms with E-state index in [4.69, 9.17) is 19.2 Å². The first-order valence-electron chi connectivity index (χ1n) is 10.8. The van der Waals surface area contributed by atoms with Gasteiger partial charge in [-0.2, -0.15) is 0 Å². The molecule has 0 radical (unpaired) electrons. The summed E-state index contributed by atoms with van der Waals surface area (Å²) in [6, 6.07) is 22.6. The van der Waals surface area contributed by atoms with Crippen LogP contribution in [0.5, 0.6) is 28.9 Å². The zero-order chi connectivity index (χ0) is 23.1. The first-order chi connectivity index (χ1) is 16.7. The van der Waals surface area contributed by atoms with Gasteiger partial charge >= 0.3 is 0 Å². The molecule has 3 aromatic carbocycles. The summed E-state index contributed by atoms with van der Waals surface area (Å²) in [4.78, 5) is 9.28. The van der Waals surface area contributed by atoms with E-state index < -0.39 is 0 Å². The summed E-state index contributed by atoms with van der Waals surface area (Å²) < 4.78 is 18.8. The van der Waals surface area contributed by atoms with Crippen molar-refractivity contribution in [1.82, 2.24) is 19.6 Å². The molecule has 3 heterocycles. The lowest BCUT2D eigenvalue weighted by Gasteiger charge is -2.27. The van der Waals surface area contributed by atoms with Crippen LogP contribution in [-0.4, -0.2) is 31.8 Å². The van der Waals surface area contributed by atoms with E-state index in [1.807, 2.05) is 48.5 Å². The van der Waals surface area contributed by atoms with Crippen molar-refractivity contribution in [2.45, 2.75) is 12.5 Å². The molecule has 1 atom stereocenters. The van der Waals surface area contributed by atoms with E-state index in [0.29, 0.717) is 28.9 Å². The second kappa shape index (κ2) is 8.08. The molecule has 0 aliphatic carbocycles. The van der Waals surface area contributed by atoms with Gasteiger partial charge in [0.05, 0.1) is 12.7 Å². The van der Waals surface area contributed by atoms with Gasteiger partial charge in [0.25, 0.3) is 0 Å². The molecule has 0 saturated carbocycles. The third-order valence-electron chi connectivity index (χ3n) is 5.79. The Morgan fingerprint density at radius 2 is 1.79 bits per heavy atom. The van der Waals surface area contributed by atoms with Gasteiger partial charge in [0.2, 0.25) is 5.88 Å². The van der Waals surface area contributed by atoms with Crippen LogP contribution in [0.4, 0.5) is 0 Å². The van der Waals surface area contributed by atoms with E-state index in [2.05, 4.69) is 22.2 Å². The highest BCUT2D eigenvalue weighted by Crippen LogP contribution is 2.48. The minimum Gasteiger partial charge on any atom is -0.508 e. The fourth-order valence-corrected chi connectivity index (χ4v) is 4.22. The van der Waals surface area contributed by atoms with Crippen LogP contribution in [0.3, 0.4) is 0 Å². The molecule has 1 aliphatic heterocycles. The molecular weight excluding hydrogens is 432 g/mol. The minimum absolute atomic E-state index is 0.135. The summed E-state index contributed by atoms with van der Waals surface area (Å²) in [6.45, 7) is 0.199. The molecule has 0 unspecified atom stereocenters. The third-order valence-corrected chi connectivity index (χ3v) is 5.79. The number of aromatic nitrogens is 4. The number of hydrogen-bond acceptors (Lipinski definition) is 7. The Balaban J connectivity index is 1.41. The first-order valence-corrected chi connectivity index (χ1v) is 10.8. The quantitative estimate of drug-likeness (QED) is 0.405. The molecule has 1 N–H and O–H groups in total. The molecule has 0 saturated heterocycles. The topological polar surface area (TPSA) is 91.0 Å². The second-order valence-corrected chi connectivity index (χ2v) is 7.89. The fourth-order valence-electron chi connectivity index (χ4n) is 4.22. The molecule has 0 fully saturated rings. The molecule has 2 aromatic heterocycles. The van der Waals surface area contributed by atoms with Gasteiger partial charge < -0.3 is 19.3 Å². The van der Waals surface area contributed by atoms with Crippen LogP contribution in [0, 0.1) is 0 Å².